The van der Waals surface area contributed by atoms with Crippen LogP contribution in [-0.4, -0.2) is 37.8 Å². The van der Waals surface area contributed by atoms with Crippen LogP contribution < -0.4 is 9.64 Å². The molecule has 0 aliphatic carbocycles. The first-order chi connectivity index (χ1) is 10.2. The number of ether oxygens (including phenoxy) is 1. The number of aryl methyl sites for hydroxylation is 1. The van der Waals surface area contributed by atoms with E-state index in [1.54, 1.807) is 6.20 Å². The van der Waals surface area contributed by atoms with Crippen LogP contribution in [-0.2, 0) is 6.54 Å². The van der Waals surface area contributed by atoms with Gasteiger partial charge in [-0.3, -0.25) is 4.68 Å². The minimum Gasteiger partial charge on any atom is -0.421 e. The van der Waals surface area contributed by atoms with Gasteiger partial charge in [-0.1, -0.05) is 6.92 Å². The van der Waals surface area contributed by atoms with Crippen LogP contribution in [0.25, 0.3) is 0 Å². The SMILES string of the molecule is CCCn1cc(Oc2nc(Cl)nc(N3CCCC3)n2)cn1. The highest BCUT2D eigenvalue weighted by Gasteiger charge is 2.17. The van der Waals surface area contributed by atoms with E-state index in [0.717, 1.165) is 38.9 Å². The summed E-state index contributed by atoms with van der Waals surface area (Å²) >= 11 is 5.96. The summed E-state index contributed by atoms with van der Waals surface area (Å²) < 4.78 is 7.45. The van der Waals surface area contributed by atoms with Gasteiger partial charge in [0.1, 0.15) is 0 Å². The predicted molar refractivity (Wildman–Crippen MR) is 78.9 cm³/mol. The average Bonchev–Trinajstić information content (AvgIpc) is 3.10. The van der Waals surface area contributed by atoms with Crippen molar-refractivity contribution in [1.82, 2.24) is 24.7 Å². The van der Waals surface area contributed by atoms with Gasteiger partial charge in [-0.15, -0.1) is 0 Å². The largest absolute Gasteiger partial charge is 0.421 e. The monoisotopic (exact) mass is 308 g/mol. The smallest absolute Gasteiger partial charge is 0.328 e. The van der Waals surface area contributed by atoms with Crippen molar-refractivity contribution in [3.05, 3.63) is 17.7 Å². The Hall–Kier alpha value is -1.89. The number of halogens is 1. The molecule has 0 radical (unpaired) electrons. The molecule has 2 aromatic heterocycles. The Balaban J connectivity index is 1.77. The number of rotatable bonds is 5. The highest BCUT2D eigenvalue weighted by molar-refractivity contribution is 6.28. The molecule has 0 unspecified atom stereocenters. The lowest BCUT2D eigenvalue weighted by Gasteiger charge is -2.15. The zero-order valence-corrected chi connectivity index (χ0v) is 12.6. The minimum atomic E-state index is 0.142. The van der Waals surface area contributed by atoms with Crippen molar-refractivity contribution in [2.45, 2.75) is 32.7 Å². The van der Waals surface area contributed by atoms with Gasteiger partial charge in [0.25, 0.3) is 0 Å². The van der Waals surface area contributed by atoms with Crippen LogP contribution in [0.2, 0.25) is 5.28 Å². The lowest BCUT2D eigenvalue weighted by molar-refractivity contribution is 0.438. The Kier molecular flexibility index (Phi) is 4.19. The molecule has 1 aliphatic rings. The molecule has 0 amide bonds. The van der Waals surface area contributed by atoms with E-state index in [2.05, 4.69) is 31.9 Å². The summed E-state index contributed by atoms with van der Waals surface area (Å²) in [5.74, 6) is 1.17. The van der Waals surface area contributed by atoms with Crippen molar-refractivity contribution in [1.29, 1.82) is 0 Å². The molecule has 1 saturated heterocycles. The van der Waals surface area contributed by atoms with Gasteiger partial charge in [-0.05, 0) is 30.9 Å². The molecule has 1 fully saturated rings. The molecule has 0 N–H and O–H groups in total. The maximum absolute atomic E-state index is 5.96. The van der Waals surface area contributed by atoms with Crippen LogP contribution in [0.3, 0.4) is 0 Å². The van der Waals surface area contributed by atoms with E-state index < -0.39 is 0 Å². The predicted octanol–water partition coefficient (Wildman–Crippen LogP) is 2.52. The van der Waals surface area contributed by atoms with Crippen molar-refractivity contribution in [3.63, 3.8) is 0 Å². The first kappa shape index (κ1) is 14.1. The van der Waals surface area contributed by atoms with Crippen molar-refractivity contribution in [3.8, 4) is 11.8 Å². The van der Waals surface area contributed by atoms with Gasteiger partial charge in [0, 0.05) is 19.6 Å². The van der Waals surface area contributed by atoms with Crippen molar-refractivity contribution in [2.24, 2.45) is 0 Å². The van der Waals surface area contributed by atoms with Crippen LogP contribution in [0.5, 0.6) is 11.8 Å². The van der Waals surface area contributed by atoms with Gasteiger partial charge in [0.15, 0.2) is 5.75 Å². The second-order valence-corrected chi connectivity index (χ2v) is 5.26. The molecule has 112 valence electrons. The zero-order chi connectivity index (χ0) is 14.7. The number of anilines is 1. The number of hydrogen-bond donors (Lipinski definition) is 0. The molecule has 3 rings (SSSR count). The molecule has 3 heterocycles. The molecule has 8 heteroatoms. The molecular weight excluding hydrogens is 292 g/mol. The molecule has 7 nitrogen and oxygen atoms in total. The molecule has 0 spiro atoms. The number of nitrogens with zero attached hydrogens (tertiary/aromatic N) is 6. The van der Waals surface area contributed by atoms with Crippen LogP contribution in [0, 0.1) is 0 Å². The highest BCUT2D eigenvalue weighted by Crippen LogP contribution is 2.22. The third kappa shape index (κ3) is 3.41. The summed E-state index contributed by atoms with van der Waals surface area (Å²) in [4.78, 5) is 14.6. The van der Waals surface area contributed by atoms with E-state index in [0.29, 0.717) is 11.7 Å². The summed E-state index contributed by atoms with van der Waals surface area (Å²) in [6.45, 7) is 4.82. The maximum atomic E-state index is 5.96. The Morgan fingerprint density at radius 3 is 2.81 bits per heavy atom. The molecule has 0 saturated carbocycles. The molecule has 0 bridgehead atoms. The fourth-order valence-electron chi connectivity index (χ4n) is 2.28. The Bertz CT molecular complexity index is 610. The molecular formula is C13H17ClN6O. The van der Waals surface area contributed by atoms with Crippen LogP contribution >= 0.6 is 11.6 Å². The van der Waals surface area contributed by atoms with Gasteiger partial charge in [-0.25, -0.2) is 0 Å². The normalized spacial score (nSPS) is 14.7. The summed E-state index contributed by atoms with van der Waals surface area (Å²) in [6.07, 6.45) is 6.75. The first-order valence-electron chi connectivity index (χ1n) is 7.11. The number of aromatic nitrogens is 5. The first-order valence-corrected chi connectivity index (χ1v) is 7.49. The fraction of sp³-hybridized carbons (Fsp3) is 0.538. The highest BCUT2D eigenvalue weighted by atomic mass is 35.5. The summed E-state index contributed by atoms with van der Waals surface area (Å²) in [5, 5.41) is 4.34. The van der Waals surface area contributed by atoms with Crippen LogP contribution in [0.4, 0.5) is 5.95 Å². The van der Waals surface area contributed by atoms with E-state index in [1.807, 2.05) is 10.9 Å². The lowest BCUT2D eigenvalue weighted by Crippen LogP contribution is -2.21. The summed E-state index contributed by atoms with van der Waals surface area (Å²) in [6, 6.07) is 0.202. The van der Waals surface area contributed by atoms with Crippen molar-refractivity contribution < 1.29 is 4.74 Å². The van der Waals surface area contributed by atoms with Gasteiger partial charge < -0.3 is 9.64 Å². The minimum absolute atomic E-state index is 0.142. The van der Waals surface area contributed by atoms with Gasteiger partial charge >= 0.3 is 6.01 Å². The standard InChI is InChI=1S/C13H17ClN6O/c1-2-5-20-9-10(8-15-20)21-13-17-11(14)16-12(18-13)19-6-3-4-7-19/h8-9H,2-7H2,1H3. The topological polar surface area (TPSA) is 69.0 Å². The van der Waals surface area contributed by atoms with Gasteiger partial charge in [-0.2, -0.15) is 20.1 Å². The van der Waals surface area contributed by atoms with E-state index in [1.165, 1.54) is 0 Å². The van der Waals surface area contributed by atoms with E-state index in [9.17, 15) is 0 Å². The van der Waals surface area contributed by atoms with E-state index >= 15 is 0 Å². The molecule has 2 aromatic rings. The molecule has 1 aliphatic heterocycles. The van der Waals surface area contributed by atoms with E-state index in [4.69, 9.17) is 16.3 Å². The van der Waals surface area contributed by atoms with E-state index in [-0.39, 0.29) is 11.3 Å². The maximum Gasteiger partial charge on any atom is 0.328 e. The lowest BCUT2D eigenvalue weighted by atomic mass is 10.4. The Morgan fingerprint density at radius 1 is 1.24 bits per heavy atom. The molecule has 21 heavy (non-hydrogen) atoms. The summed E-state index contributed by atoms with van der Waals surface area (Å²) in [7, 11) is 0. The third-order valence-corrected chi connectivity index (χ3v) is 3.41. The number of hydrogen-bond acceptors (Lipinski definition) is 6. The second-order valence-electron chi connectivity index (χ2n) is 4.92. The quantitative estimate of drug-likeness (QED) is 0.845. The molecule has 0 aromatic carbocycles. The van der Waals surface area contributed by atoms with Crippen molar-refractivity contribution >= 4 is 17.5 Å². The second kappa shape index (κ2) is 6.26. The van der Waals surface area contributed by atoms with Gasteiger partial charge in [0.05, 0.1) is 12.4 Å². The zero-order valence-electron chi connectivity index (χ0n) is 11.9. The Morgan fingerprint density at radius 2 is 2.05 bits per heavy atom. The third-order valence-electron chi connectivity index (χ3n) is 3.24. The summed E-state index contributed by atoms with van der Waals surface area (Å²) in [5.41, 5.74) is 0. The van der Waals surface area contributed by atoms with Crippen LogP contribution in [0.1, 0.15) is 26.2 Å². The van der Waals surface area contributed by atoms with Crippen LogP contribution in [0.15, 0.2) is 12.4 Å². The average molecular weight is 309 g/mol. The van der Waals surface area contributed by atoms with Gasteiger partial charge in [0.2, 0.25) is 11.2 Å². The molecule has 0 atom stereocenters. The fourth-order valence-corrected chi connectivity index (χ4v) is 2.43. The van der Waals surface area contributed by atoms with Crippen molar-refractivity contribution in [2.75, 3.05) is 18.0 Å². The Labute approximate surface area is 127 Å².